The van der Waals surface area contributed by atoms with E-state index in [1.54, 1.807) is 24.3 Å². The van der Waals surface area contributed by atoms with Crippen LogP contribution in [-0.2, 0) is 4.79 Å². The lowest BCUT2D eigenvalue weighted by Crippen LogP contribution is -2.30. The predicted molar refractivity (Wildman–Crippen MR) is 75.9 cm³/mol. The summed E-state index contributed by atoms with van der Waals surface area (Å²) in [5, 5.41) is 4.12. The van der Waals surface area contributed by atoms with Crippen molar-refractivity contribution < 1.29 is 4.79 Å². The summed E-state index contributed by atoms with van der Waals surface area (Å²) in [6.45, 7) is 0. The molecule has 0 aliphatic heterocycles. The van der Waals surface area contributed by atoms with Gasteiger partial charge in [0.05, 0.1) is 0 Å². The molecule has 1 fully saturated rings. The summed E-state index contributed by atoms with van der Waals surface area (Å²) < 4.78 is 0. The highest BCUT2D eigenvalue weighted by Crippen LogP contribution is 2.20. The number of halogens is 2. The first-order valence-electron chi connectivity index (χ1n) is 6.08. The van der Waals surface area contributed by atoms with Gasteiger partial charge in [-0.05, 0) is 42.7 Å². The van der Waals surface area contributed by atoms with Crippen LogP contribution in [0.15, 0.2) is 24.3 Å². The van der Waals surface area contributed by atoms with Gasteiger partial charge < -0.3 is 5.32 Å². The Morgan fingerprint density at radius 2 is 1.78 bits per heavy atom. The molecule has 2 rings (SSSR count). The van der Waals surface area contributed by atoms with Crippen molar-refractivity contribution in [3.8, 4) is 0 Å². The first kappa shape index (κ1) is 13.4. The van der Waals surface area contributed by atoms with E-state index < -0.39 is 0 Å². The number of nitrogens with one attached hydrogen (secondary N) is 1. The van der Waals surface area contributed by atoms with E-state index in [2.05, 4.69) is 5.32 Å². The van der Waals surface area contributed by atoms with Gasteiger partial charge >= 0.3 is 0 Å². The van der Waals surface area contributed by atoms with Crippen molar-refractivity contribution in [2.75, 3.05) is 0 Å². The quantitative estimate of drug-likeness (QED) is 0.833. The molecule has 0 heterocycles. The average Bonchev–Trinajstić information content (AvgIpc) is 2.78. The number of benzene rings is 1. The van der Waals surface area contributed by atoms with Gasteiger partial charge in [-0.2, -0.15) is 0 Å². The summed E-state index contributed by atoms with van der Waals surface area (Å²) >= 11 is 11.8. The molecule has 1 aromatic carbocycles. The van der Waals surface area contributed by atoms with Crippen LogP contribution in [0.5, 0.6) is 0 Å². The van der Waals surface area contributed by atoms with Gasteiger partial charge in [-0.3, -0.25) is 4.79 Å². The van der Waals surface area contributed by atoms with Gasteiger partial charge in [-0.25, -0.2) is 0 Å². The molecule has 4 heteroatoms. The third kappa shape index (κ3) is 4.04. The van der Waals surface area contributed by atoms with E-state index in [9.17, 15) is 4.79 Å². The van der Waals surface area contributed by atoms with Crippen molar-refractivity contribution in [1.82, 2.24) is 5.32 Å². The second kappa shape index (κ2) is 6.26. The molecule has 1 amide bonds. The van der Waals surface area contributed by atoms with Crippen molar-refractivity contribution in [1.29, 1.82) is 0 Å². The van der Waals surface area contributed by atoms with Gasteiger partial charge in [0, 0.05) is 22.2 Å². The smallest absolute Gasteiger partial charge is 0.244 e. The summed E-state index contributed by atoms with van der Waals surface area (Å²) in [5.74, 6) is -0.0574. The van der Waals surface area contributed by atoms with Gasteiger partial charge in [0.15, 0.2) is 0 Å². The first-order valence-corrected chi connectivity index (χ1v) is 6.84. The van der Waals surface area contributed by atoms with Crippen LogP contribution in [0.4, 0.5) is 0 Å². The molecule has 1 aromatic rings. The number of carbonyl (C=O) groups is 1. The Kier molecular flexibility index (Phi) is 4.67. The second-order valence-corrected chi connectivity index (χ2v) is 5.40. The van der Waals surface area contributed by atoms with E-state index >= 15 is 0 Å². The highest BCUT2D eigenvalue weighted by Gasteiger charge is 2.15. The zero-order valence-corrected chi connectivity index (χ0v) is 11.5. The maximum Gasteiger partial charge on any atom is 0.244 e. The Bertz CT molecular complexity index is 445. The molecular formula is C14H15Cl2NO. The molecule has 1 aliphatic carbocycles. The SMILES string of the molecule is O=C(C=Cc1cc(Cl)cc(Cl)c1)NC1CCCC1. The van der Waals surface area contributed by atoms with Crippen molar-refractivity contribution in [2.45, 2.75) is 31.7 Å². The monoisotopic (exact) mass is 283 g/mol. The highest BCUT2D eigenvalue weighted by atomic mass is 35.5. The third-order valence-corrected chi connectivity index (χ3v) is 3.45. The molecule has 0 saturated heterocycles. The molecule has 18 heavy (non-hydrogen) atoms. The number of amides is 1. The first-order chi connectivity index (χ1) is 8.63. The highest BCUT2D eigenvalue weighted by molar-refractivity contribution is 6.34. The summed E-state index contributed by atoms with van der Waals surface area (Å²) in [7, 11) is 0. The number of hydrogen-bond acceptors (Lipinski definition) is 1. The van der Waals surface area contributed by atoms with E-state index in [1.807, 2.05) is 0 Å². The summed E-state index contributed by atoms with van der Waals surface area (Å²) in [6.07, 6.45) is 7.84. The fourth-order valence-corrected chi connectivity index (χ4v) is 2.71. The predicted octanol–water partition coefficient (Wildman–Crippen LogP) is 4.07. The van der Waals surface area contributed by atoms with Crippen LogP contribution in [0.1, 0.15) is 31.2 Å². The lowest BCUT2D eigenvalue weighted by atomic mass is 10.2. The Hall–Kier alpha value is -0.990. The minimum absolute atomic E-state index is 0.0574. The Labute approximate surface area is 117 Å². The standard InChI is InChI=1S/C14H15Cl2NO/c15-11-7-10(8-12(16)9-11)5-6-14(18)17-13-3-1-2-4-13/h5-9,13H,1-4H2,(H,17,18). The van der Waals surface area contributed by atoms with Gasteiger partial charge in [0.2, 0.25) is 5.91 Å². The van der Waals surface area contributed by atoms with Crippen LogP contribution in [0.25, 0.3) is 6.08 Å². The maximum absolute atomic E-state index is 11.7. The number of rotatable bonds is 3. The molecule has 1 aliphatic rings. The van der Waals surface area contributed by atoms with Crippen molar-refractivity contribution in [3.05, 3.63) is 39.9 Å². The Morgan fingerprint density at radius 1 is 1.17 bits per heavy atom. The van der Waals surface area contributed by atoms with Crippen molar-refractivity contribution in [2.24, 2.45) is 0 Å². The van der Waals surface area contributed by atoms with E-state index in [0.717, 1.165) is 18.4 Å². The van der Waals surface area contributed by atoms with E-state index in [1.165, 1.54) is 18.9 Å². The summed E-state index contributed by atoms with van der Waals surface area (Å²) in [5.41, 5.74) is 0.828. The fraction of sp³-hybridized carbons (Fsp3) is 0.357. The Morgan fingerprint density at radius 3 is 2.39 bits per heavy atom. The minimum atomic E-state index is -0.0574. The van der Waals surface area contributed by atoms with Crippen LogP contribution in [0.3, 0.4) is 0 Å². The van der Waals surface area contributed by atoms with Gasteiger partial charge in [0.25, 0.3) is 0 Å². The molecule has 1 N–H and O–H groups in total. The van der Waals surface area contributed by atoms with Crippen molar-refractivity contribution in [3.63, 3.8) is 0 Å². The van der Waals surface area contributed by atoms with Crippen LogP contribution in [0, 0.1) is 0 Å². The third-order valence-electron chi connectivity index (χ3n) is 3.01. The topological polar surface area (TPSA) is 29.1 Å². The fourth-order valence-electron chi connectivity index (χ4n) is 2.16. The normalized spacial score (nSPS) is 16.3. The zero-order valence-electron chi connectivity index (χ0n) is 9.96. The van der Waals surface area contributed by atoms with Gasteiger partial charge in [-0.1, -0.05) is 36.0 Å². The minimum Gasteiger partial charge on any atom is -0.350 e. The molecular weight excluding hydrogens is 269 g/mol. The number of hydrogen-bond donors (Lipinski definition) is 1. The molecule has 0 unspecified atom stereocenters. The molecule has 0 spiro atoms. The largest absolute Gasteiger partial charge is 0.350 e. The lowest BCUT2D eigenvalue weighted by Gasteiger charge is -2.09. The summed E-state index contributed by atoms with van der Waals surface area (Å²) in [6, 6.07) is 5.55. The van der Waals surface area contributed by atoms with Crippen LogP contribution in [0.2, 0.25) is 10.0 Å². The molecule has 0 radical (unpaired) electrons. The van der Waals surface area contributed by atoms with Crippen LogP contribution >= 0.6 is 23.2 Å². The molecule has 0 aromatic heterocycles. The zero-order chi connectivity index (χ0) is 13.0. The molecule has 96 valence electrons. The second-order valence-electron chi connectivity index (χ2n) is 4.53. The average molecular weight is 284 g/mol. The molecule has 2 nitrogen and oxygen atoms in total. The van der Waals surface area contributed by atoms with E-state index in [-0.39, 0.29) is 5.91 Å². The van der Waals surface area contributed by atoms with E-state index in [0.29, 0.717) is 16.1 Å². The van der Waals surface area contributed by atoms with Crippen LogP contribution in [-0.4, -0.2) is 11.9 Å². The molecule has 0 atom stereocenters. The van der Waals surface area contributed by atoms with Gasteiger partial charge in [0.1, 0.15) is 0 Å². The summed E-state index contributed by atoms with van der Waals surface area (Å²) in [4.78, 5) is 11.7. The number of carbonyl (C=O) groups excluding carboxylic acids is 1. The molecule has 1 saturated carbocycles. The van der Waals surface area contributed by atoms with E-state index in [4.69, 9.17) is 23.2 Å². The molecule has 0 bridgehead atoms. The van der Waals surface area contributed by atoms with Crippen molar-refractivity contribution >= 4 is 35.2 Å². The lowest BCUT2D eigenvalue weighted by molar-refractivity contribution is -0.117. The Balaban J connectivity index is 1.94. The van der Waals surface area contributed by atoms with Gasteiger partial charge in [-0.15, -0.1) is 0 Å². The maximum atomic E-state index is 11.7. The van der Waals surface area contributed by atoms with Crippen LogP contribution < -0.4 is 5.32 Å².